The summed E-state index contributed by atoms with van der Waals surface area (Å²) in [5.74, 6) is -0.0244. The SMILES string of the molecule is CC1CCC(C)C(Nc2ccc(OC(F)F)c(F)c2)C1. The summed E-state index contributed by atoms with van der Waals surface area (Å²) in [7, 11) is 0. The molecule has 3 atom stereocenters. The molecule has 0 amide bonds. The van der Waals surface area contributed by atoms with Crippen molar-refractivity contribution in [3.8, 4) is 5.75 Å². The third-order valence-corrected chi connectivity index (χ3v) is 3.96. The standard InChI is InChI=1S/C15H20F3NO/c1-9-3-4-10(2)13(7-9)19-11-5-6-14(12(16)8-11)20-15(17)18/h5-6,8-10,13,15,19H,3-4,7H2,1-2H3. The first-order valence-electron chi connectivity index (χ1n) is 6.96. The molecule has 1 aromatic carbocycles. The van der Waals surface area contributed by atoms with Crippen molar-refractivity contribution >= 4 is 5.69 Å². The van der Waals surface area contributed by atoms with E-state index in [9.17, 15) is 13.2 Å². The third kappa shape index (κ3) is 3.81. The molecule has 1 fully saturated rings. The summed E-state index contributed by atoms with van der Waals surface area (Å²) in [6, 6.07) is 4.32. The monoisotopic (exact) mass is 287 g/mol. The molecular weight excluding hydrogens is 267 g/mol. The van der Waals surface area contributed by atoms with Crippen LogP contribution in [0.4, 0.5) is 18.9 Å². The van der Waals surface area contributed by atoms with E-state index in [1.54, 1.807) is 6.07 Å². The number of rotatable bonds is 4. The lowest BCUT2D eigenvalue weighted by Gasteiger charge is -2.34. The van der Waals surface area contributed by atoms with Gasteiger partial charge in [-0.2, -0.15) is 8.78 Å². The predicted molar refractivity (Wildman–Crippen MR) is 72.6 cm³/mol. The average Bonchev–Trinajstić information content (AvgIpc) is 2.37. The number of benzene rings is 1. The molecule has 0 bridgehead atoms. The quantitative estimate of drug-likeness (QED) is 0.869. The molecule has 1 saturated carbocycles. The molecule has 5 heteroatoms. The Kier molecular flexibility index (Phi) is 4.78. The van der Waals surface area contributed by atoms with E-state index in [-0.39, 0.29) is 0 Å². The van der Waals surface area contributed by atoms with Crippen LogP contribution >= 0.6 is 0 Å². The topological polar surface area (TPSA) is 21.3 Å². The summed E-state index contributed by atoms with van der Waals surface area (Å²) in [5, 5.41) is 3.30. The molecule has 0 aliphatic heterocycles. The van der Waals surface area contributed by atoms with Gasteiger partial charge in [0.15, 0.2) is 11.6 Å². The van der Waals surface area contributed by atoms with Crippen LogP contribution in [-0.4, -0.2) is 12.7 Å². The number of nitrogens with one attached hydrogen (secondary N) is 1. The molecule has 0 heterocycles. The molecule has 3 unspecified atom stereocenters. The summed E-state index contributed by atoms with van der Waals surface area (Å²) in [4.78, 5) is 0. The zero-order chi connectivity index (χ0) is 14.7. The fourth-order valence-corrected chi connectivity index (χ4v) is 2.73. The van der Waals surface area contributed by atoms with Crippen LogP contribution < -0.4 is 10.1 Å². The van der Waals surface area contributed by atoms with Gasteiger partial charge in [-0.3, -0.25) is 0 Å². The summed E-state index contributed by atoms with van der Waals surface area (Å²) in [6.45, 7) is 1.37. The average molecular weight is 287 g/mol. The van der Waals surface area contributed by atoms with Crippen molar-refractivity contribution in [2.24, 2.45) is 11.8 Å². The first-order chi connectivity index (χ1) is 9.45. The van der Waals surface area contributed by atoms with E-state index in [1.807, 2.05) is 0 Å². The number of hydrogen-bond donors (Lipinski definition) is 1. The number of hydrogen-bond acceptors (Lipinski definition) is 2. The minimum absolute atomic E-state index is 0.292. The van der Waals surface area contributed by atoms with E-state index in [1.165, 1.54) is 18.6 Å². The Labute approximate surface area is 117 Å². The Morgan fingerprint density at radius 1 is 1.25 bits per heavy atom. The highest BCUT2D eigenvalue weighted by atomic mass is 19.3. The molecule has 112 valence electrons. The van der Waals surface area contributed by atoms with Gasteiger partial charge in [-0.1, -0.05) is 20.3 Å². The van der Waals surface area contributed by atoms with Crippen LogP contribution in [0.5, 0.6) is 5.75 Å². The van der Waals surface area contributed by atoms with Crippen molar-refractivity contribution in [2.75, 3.05) is 5.32 Å². The van der Waals surface area contributed by atoms with Crippen LogP contribution in [-0.2, 0) is 0 Å². The summed E-state index contributed by atoms with van der Waals surface area (Å²) >= 11 is 0. The Balaban J connectivity index is 2.04. The van der Waals surface area contributed by atoms with Gasteiger partial charge in [0.05, 0.1) is 0 Å². The number of anilines is 1. The maximum absolute atomic E-state index is 13.6. The molecule has 2 rings (SSSR count). The van der Waals surface area contributed by atoms with Crippen LogP contribution in [0.1, 0.15) is 33.1 Å². The van der Waals surface area contributed by atoms with Crippen molar-refractivity contribution in [1.82, 2.24) is 0 Å². The van der Waals surface area contributed by atoms with Gasteiger partial charge in [-0.15, -0.1) is 0 Å². The zero-order valence-electron chi connectivity index (χ0n) is 11.7. The second-order valence-corrected chi connectivity index (χ2v) is 5.67. The van der Waals surface area contributed by atoms with Crippen LogP contribution in [0, 0.1) is 17.7 Å². The fraction of sp³-hybridized carbons (Fsp3) is 0.600. The number of halogens is 3. The van der Waals surface area contributed by atoms with Crippen molar-refractivity contribution < 1.29 is 17.9 Å². The molecular formula is C15H20F3NO. The highest BCUT2D eigenvalue weighted by Gasteiger charge is 2.25. The Morgan fingerprint density at radius 3 is 2.65 bits per heavy atom. The van der Waals surface area contributed by atoms with E-state index < -0.39 is 18.2 Å². The van der Waals surface area contributed by atoms with Gasteiger partial charge in [-0.05, 0) is 36.8 Å². The van der Waals surface area contributed by atoms with Crippen LogP contribution in [0.3, 0.4) is 0 Å². The minimum atomic E-state index is -3.01. The molecule has 1 aromatic rings. The first kappa shape index (κ1) is 15.0. The maximum atomic E-state index is 13.6. The van der Waals surface area contributed by atoms with Gasteiger partial charge in [-0.25, -0.2) is 4.39 Å². The molecule has 1 aliphatic carbocycles. The highest BCUT2D eigenvalue weighted by molar-refractivity contribution is 5.48. The summed E-state index contributed by atoms with van der Waals surface area (Å²) in [6.07, 6.45) is 3.40. The molecule has 0 spiro atoms. The summed E-state index contributed by atoms with van der Waals surface area (Å²) in [5.41, 5.74) is 0.607. The molecule has 0 aromatic heterocycles. The molecule has 0 saturated heterocycles. The largest absolute Gasteiger partial charge is 0.432 e. The van der Waals surface area contributed by atoms with Gasteiger partial charge in [0.2, 0.25) is 0 Å². The van der Waals surface area contributed by atoms with Crippen molar-refractivity contribution in [1.29, 1.82) is 0 Å². The normalized spacial score (nSPS) is 26.6. The van der Waals surface area contributed by atoms with E-state index in [2.05, 4.69) is 23.9 Å². The second kappa shape index (κ2) is 6.37. The van der Waals surface area contributed by atoms with Crippen molar-refractivity contribution in [3.63, 3.8) is 0 Å². The van der Waals surface area contributed by atoms with Gasteiger partial charge in [0, 0.05) is 17.8 Å². The van der Waals surface area contributed by atoms with E-state index in [0.29, 0.717) is 23.6 Å². The van der Waals surface area contributed by atoms with Gasteiger partial charge in [0.1, 0.15) is 0 Å². The minimum Gasteiger partial charge on any atom is -0.432 e. The van der Waals surface area contributed by atoms with Crippen LogP contribution in [0.2, 0.25) is 0 Å². The highest BCUT2D eigenvalue weighted by Crippen LogP contribution is 2.31. The Morgan fingerprint density at radius 2 is 2.00 bits per heavy atom. The lowest BCUT2D eigenvalue weighted by Crippen LogP contribution is -2.33. The number of ether oxygens (including phenoxy) is 1. The summed E-state index contributed by atoms with van der Waals surface area (Å²) < 4.78 is 41.9. The lowest BCUT2D eigenvalue weighted by molar-refractivity contribution is -0.0521. The van der Waals surface area contributed by atoms with Crippen LogP contribution in [0.15, 0.2) is 18.2 Å². The van der Waals surface area contributed by atoms with Crippen LogP contribution in [0.25, 0.3) is 0 Å². The van der Waals surface area contributed by atoms with E-state index in [0.717, 1.165) is 12.8 Å². The third-order valence-electron chi connectivity index (χ3n) is 3.96. The molecule has 1 N–H and O–H groups in total. The molecule has 2 nitrogen and oxygen atoms in total. The zero-order valence-corrected chi connectivity index (χ0v) is 11.7. The van der Waals surface area contributed by atoms with Crippen molar-refractivity contribution in [3.05, 3.63) is 24.0 Å². The number of alkyl halides is 2. The predicted octanol–water partition coefficient (Wildman–Crippen LogP) is 4.66. The Hall–Kier alpha value is -1.39. The fourth-order valence-electron chi connectivity index (χ4n) is 2.73. The van der Waals surface area contributed by atoms with E-state index >= 15 is 0 Å². The van der Waals surface area contributed by atoms with Gasteiger partial charge >= 0.3 is 6.61 Å². The first-order valence-corrected chi connectivity index (χ1v) is 6.96. The van der Waals surface area contributed by atoms with Crippen molar-refractivity contribution in [2.45, 2.75) is 45.8 Å². The molecule has 0 radical (unpaired) electrons. The molecule has 1 aliphatic rings. The second-order valence-electron chi connectivity index (χ2n) is 5.67. The maximum Gasteiger partial charge on any atom is 0.387 e. The van der Waals surface area contributed by atoms with Gasteiger partial charge < -0.3 is 10.1 Å². The smallest absolute Gasteiger partial charge is 0.387 e. The lowest BCUT2D eigenvalue weighted by atomic mass is 9.80. The Bertz CT molecular complexity index is 453. The van der Waals surface area contributed by atoms with Gasteiger partial charge in [0.25, 0.3) is 0 Å². The van der Waals surface area contributed by atoms with E-state index in [4.69, 9.17) is 0 Å². The molecule has 20 heavy (non-hydrogen) atoms.